The maximum Gasteiger partial charge on any atom is 0.251 e. The van der Waals surface area contributed by atoms with Crippen molar-refractivity contribution in [2.75, 3.05) is 30.0 Å². The number of hydrogen-bond acceptors (Lipinski definition) is 7. The van der Waals surface area contributed by atoms with E-state index in [9.17, 15) is 13.2 Å². The molecule has 3 aliphatic rings. The number of thioether (sulfide) groups is 1. The normalized spacial score (nSPS) is 28.6. The predicted octanol–water partition coefficient (Wildman–Crippen LogP) is 1.58. The maximum atomic E-state index is 12.4. The minimum atomic E-state index is -2.96. The van der Waals surface area contributed by atoms with Crippen LogP contribution in [0.25, 0.3) is 0 Å². The molecule has 9 heteroatoms. The number of carbonyl (C=O) groups excluding carboxylic acids is 1. The second kappa shape index (κ2) is 7.44. The molecule has 0 bridgehead atoms. The van der Waals surface area contributed by atoms with Gasteiger partial charge in [0.2, 0.25) is 0 Å². The molecule has 0 radical (unpaired) electrons. The molecule has 0 aromatic heterocycles. The molecular formula is C18H23N3O4S2. The van der Waals surface area contributed by atoms with E-state index in [4.69, 9.17) is 4.74 Å². The molecular weight excluding hydrogens is 386 g/mol. The predicted molar refractivity (Wildman–Crippen MR) is 107 cm³/mol. The average molecular weight is 410 g/mol. The summed E-state index contributed by atoms with van der Waals surface area (Å²) in [5.74, 6) is 0.180. The Kier molecular flexibility index (Phi) is 5.17. The van der Waals surface area contributed by atoms with E-state index in [1.165, 1.54) is 11.8 Å². The lowest BCUT2D eigenvalue weighted by Crippen LogP contribution is -2.31. The molecule has 0 aliphatic carbocycles. The number of anilines is 1. The van der Waals surface area contributed by atoms with Gasteiger partial charge in [-0.3, -0.25) is 9.79 Å². The number of sulfone groups is 1. The first kappa shape index (κ1) is 18.8. The van der Waals surface area contributed by atoms with Crippen LogP contribution in [-0.4, -0.2) is 61.5 Å². The second-order valence-electron chi connectivity index (χ2n) is 7.23. The van der Waals surface area contributed by atoms with Gasteiger partial charge in [0.25, 0.3) is 5.91 Å². The zero-order chi connectivity index (χ0) is 19.0. The number of nitrogens with zero attached hydrogens (tertiary/aromatic N) is 1. The molecule has 27 heavy (non-hydrogen) atoms. The standard InChI is InChI=1S/C18H23N3O4S2/c1-11-4-5-12(17(22)19-8-13-3-2-6-25-13)7-14(11)20-18-21-15-9-27(23,24)10-16(15)26-18/h4-5,7,13,15-16H,2-3,6,8-10H2,1H3,(H,19,22)(H,20,21)/t13-,15-,16+/m0/s1. The number of benzene rings is 1. The number of aliphatic imine (C=N–C) groups is 1. The van der Waals surface area contributed by atoms with Gasteiger partial charge in [-0.05, 0) is 37.5 Å². The van der Waals surface area contributed by atoms with Gasteiger partial charge in [0.05, 0.1) is 23.7 Å². The van der Waals surface area contributed by atoms with Crippen LogP contribution in [0.1, 0.15) is 28.8 Å². The van der Waals surface area contributed by atoms with Gasteiger partial charge in [-0.25, -0.2) is 8.42 Å². The quantitative estimate of drug-likeness (QED) is 0.784. The van der Waals surface area contributed by atoms with E-state index in [1.807, 2.05) is 19.1 Å². The first-order valence-electron chi connectivity index (χ1n) is 9.12. The topological polar surface area (TPSA) is 96.9 Å². The van der Waals surface area contributed by atoms with Crippen molar-refractivity contribution in [2.45, 2.75) is 37.2 Å². The Morgan fingerprint density at radius 2 is 2.22 bits per heavy atom. The summed E-state index contributed by atoms with van der Waals surface area (Å²) in [6.45, 7) is 3.25. The van der Waals surface area contributed by atoms with E-state index in [1.54, 1.807) is 6.07 Å². The van der Waals surface area contributed by atoms with E-state index in [0.717, 1.165) is 35.9 Å². The Morgan fingerprint density at radius 3 is 2.96 bits per heavy atom. The average Bonchev–Trinajstić information content (AvgIpc) is 3.29. The van der Waals surface area contributed by atoms with Gasteiger partial charge in [-0.15, -0.1) is 0 Å². The van der Waals surface area contributed by atoms with E-state index in [0.29, 0.717) is 12.1 Å². The van der Waals surface area contributed by atoms with Crippen molar-refractivity contribution in [3.8, 4) is 0 Å². The van der Waals surface area contributed by atoms with Crippen LogP contribution in [0, 0.1) is 6.92 Å². The first-order valence-corrected chi connectivity index (χ1v) is 11.8. The summed E-state index contributed by atoms with van der Waals surface area (Å²) in [7, 11) is -2.96. The van der Waals surface area contributed by atoms with E-state index in [2.05, 4.69) is 15.6 Å². The Morgan fingerprint density at radius 1 is 1.37 bits per heavy atom. The summed E-state index contributed by atoms with van der Waals surface area (Å²) >= 11 is 1.47. The third kappa shape index (κ3) is 4.30. The number of amides is 1. The summed E-state index contributed by atoms with van der Waals surface area (Å²) in [6, 6.07) is 5.35. The van der Waals surface area contributed by atoms with Crippen molar-refractivity contribution in [2.24, 2.45) is 4.99 Å². The molecule has 3 heterocycles. The van der Waals surface area contributed by atoms with Gasteiger partial charge < -0.3 is 15.4 Å². The summed E-state index contributed by atoms with van der Waals surface area (Å²) in [5.41, 5.74) is 2.39. The molecule has 3 atom stereocenters. The monoisotopic (exact) mass is 409 g/mol. The highest BCUT2D eigenvalue weighted by Crippen LogP contribution is 2.35. The van der Waals surface area contributed by atoms with Crippen LogP contribution in [0.3, 0.4) is 0 Å². The van der Waals surface area contributed by atoms with Crippen molar-refractivity contribution in [1.29, 1.82) is 0 Å². The Balaban J connectivity index is 1.41. The van der Waals surface area contributed by atoms with Crippen molar-refractivity contribution >= 4 is 38.4 Å². The Labute approximate surface area is 163 Å². The van der Waals surface area contributed by atoms with Crippen LogP contribution in [0.5, 0.6) is 0 Å². The molecule has 1 aromatic rings. The molecule has 2 saturated heterocycles. The van der Waals surface area contributed by atoms with Crippen molar-refractivity contribution < 1.29 is 17.9 Å². The summed E-state index contributed by atoms with van der Waals surface area (Å²) in [5, 5.41) is 6.92. The van der Waals surface area contributed by atoms with Crippen LogP contribution >= 0.6 is 11.8 Å². The van der Waals surface area contributed by atoms with E-state index in [-0.39, 0.29) is 34.8 Å². The molecule has 1 amide bonds. The number of hydrogen-bond donors (Lipinski definition) is 2. The summed E-state index contributed by atoms with van der Waals surface area (Å²) < 4.78 is 28.9. The number of ether oxygens (including phenoxy) is 1. The zero-order valence-corrected chi connectivity index (χ0v) is 16.7. The molecule has 0 saturated carbocycles. The lowest BCUT2D eigenvalue weighted by molar-refractivity contribution is 0.0858. The number of amidine groups is 1. The second-order valence-corrected chi connectivity index (χ2v) is 10.6. The summed E-state index contributed by atoms with van der Waals surface area (Å²) in [6.07, 6.45) is 2.13. The zero-order valence-electron chi connectivity index (χ0n) is 15.1. The lowest BCUT2D eigenvalue weighted by Gasteiger charge is -2.13. The fourth-order valence-electron chi connectivity index (χ4n) is 3.54. The van der Waals surface area contributed by atoms with Gasteiger partial charge in [-0.2, -0.15) is 0 Å². The molecule has 0 unspecified atom stereocenters. The third-order valence-electron chi connectivity index (χ3n) is 5.07. The van der Waals surface area contributed by atoms with Crippen LogP contribution in [0.4, 0.5) is 5.69 Å². The van der Waals surface area contributed by atoms with E-state index < -0.39 is 9.84 Å². The third-order valence-corrected chi connectivity index (χ3v) is 8.22. The number of fused-ring (bicyclic) bond motifs is 1. The fourth-order valence-corrected chi connectivity index (χ4v) is 7.21. The van der Waals surface area contributed by atoms with Crippen molar-refractivity contribution in [1.82, 2.24) is 5.32 Å². The SMILES string of the molecule is Cc1ccc(C(=O)NC[C@@H]2CCCO2)cc1NC1=N[C@H]2CS(=O)(=O)C[C@H]2S1. The van der Waals surface area contributed by atoms with Crippen LogP contribution in [0.15, 0.2) is 23.2 Å². The minimum Gasteiger partial charge on any atom is -0.376 e. The van der Waals surface area contributed by atoms with Crippen LogP contribution in [-0.2, 0) is 14.6 Å². The molecule has 2 N–H and O–H groups in total. The van der Waals surface area contributed by atoms with Gasteiger partial charge in [0, 0.05) is 29.7 Å². The van der Waals surface area contributed by atoms with Crippen LogP contribution < -0.4 is 10.6 Å². The number of nitrogens with one attached hydrogen (secondary N) is 2. The number of rotatable bonds is 4. The molecule has 146 valence electrons. The maximum absolute atomic E-state index is 12.4. The molecule has 1 aromatic carbocycles. The number of aryl methyl sites for hydroxylation is 1. The van der Waals surface area contributed by atoms with Crippen LogP contribution in [0.2, 0.25) is 0 Å². The van der Waals surface area contributed by atoms with Gasteiger partial charge in [-0.1, -0.05) is 17.8 Å². The van der Waals surface area contributed by atoms with Gasteiger partial charge in [0.15, 0.2) is 15.0 Å². The van der Waals surface area contributed by atoms with E-state index >= 15 is 0 Å². The van der Waals surface area contributed by atoms with Crippen molar-refractivity contribution in [3.05, 3.63) is 29.3 Å². The fraction of sp³-hybridized carbons (Fsp3) is 0.556. The molecule has 7 nitrogen and oxygen atoms in total. The molecule has 2 fully saturated rings. The molecule has 0 spiro atoms. The Bertz CT molecular complexity index is 879. The highest BCUT2D eigenvalue weighted by molar-refractivity contribution is 8.15. The van der Waals surface area contributed by atoms with Crippen molar-refractivity contribution in [3.63, 3.8) is 0 Å². The number of carbonyl (C=O) groups is 1. The lowest BCUT2D eigenvalue weighted by atomic mass is 10.1. The largest absolute Gasteiger partial charge is 0.376 e. The molecule has 4 rings (SSSR count). The first-order chi connectivity index (χ1) is 12.9. The molecule has 3 aliphatic heterocycles. The highest BCUT2D eigenvalue weighted by Gasteiger charge is 2.42. The Hall–Kier alpha value is -1.58. The summed E-state index contributed by atoms with van der Waals surface area (Å²) in [4.78, 5) is 17.0. The van der Waals surface area contributed by atoms with Gasteiger partial charge >= 0.3 is 0 Å². The smallest absolute Gasteiger partial charge is 0.251 e. The minimum absolute atomic E-state index is 0.00398. The van der Waals surface area contributed by atoms with Gasteiger partial charge in [0.1, 0.15) is 0 Å². The highest BCUT2D eigenvalue weighted by atomic mass is 32.2.